The molecular weight excluding hydrogens is 420 g/mol. The number of fused-ring (bicyclic) bond motifs is 1. The number of benzene rings is 2. The van der Waals surface area contributed by atoms with E-state index in [0.717, 1.165) is 30.1 Å². The normalized spacial score (nSPS) is 15.3. The average molecular weight is 449 g/mol. The molecule has 1 atom stereocenters. The smallest absolute Gasteiger partial charge is 0.248 e. The van der Waals surface area contributed by atoms with Gasteiger partial charge in [0.25, 0.3) is 0 Å². The van der Waals surface area contributed by atoms with Crippen molar-refractivity contribution >= 4 is 29.3 Å². The van der Waals surface area contributed by atoms with Gasteiger partial charge in [-0.1, -0.05) is 54.2 Å². The largest absolute Gasteiger partial charge is 0.372 e. The van der Waals surface area contributed by atoms with E-state index in [1.165, 1.54) is 5.56 Å². The average Bonchev–Trinajstić information content (AvgIpc) is 3.21. The summed E-state index contributed by atoms with van der Waals surface area (Å²) in [6, 6.07) is 18.0. The van der Waals surface area contributed by atoms with Crippen LogP contribution in [0.4, 0.5) is 11.6 Å². The number of nitrogens with zero attached hydrogens (tertiary/aromatic N) is 4. The van der Waals surface area contributed by atoms with Crippen LogP contribution < -0.4 is 16.0 Å². The maximum Gasteiger partial charge on any atom is 0.248 e. The highest BCUT2D eigenvalue weighted by Crippen LogP contribution is 2.36. The van der Waals surface area contributed by atoms with E-state index in [4.69, 9.17) is 10.8 Å². The summed E-state index contributed by atoms with van der Waals surface area (Å²) in [7, 11) is 0. The summed E-state index contributed by atoms with van der Waals surface area (Å²) in [6.45, 7) is 8.00. The van der Waals surface area contributed by atoms with Crippen LogP contribution in [0.5, 0.6) is 0 Å². The Labute approximate surface area is 192 Å². The molecule has 0 unspecified atom stereocenters. The zero-order chi connectivity index (χ0) is 22.7. The lowest BCUT2D eigenvalue weighted by Crippen LogP contribution is -2.32. The molecule has 2 aromatic carbocycles. The molecule has 0 aliphatic carbocycles. The van der Waals surface area contributed by atoms with E-state index in [9.17, 15) is 4.79 Å². The van der Waals surface area contributed by atoms with E-state index in [1.807, 2.05) is 37.3 Å². The van der Waals surface area contributed by atoms with Crippen LogP contribution in [0.3, 0.4) is 0 Å². The Balaban J connectivity index is 1.67. The molecule has 3 N–H and O–H groups in total. The molecule has 0 saturated carbocycles. The monoisotopic (exact) mass is 448 g/mol. The predicted molar refractivity (Wildman–Crippen MR) is 130 cm³/mol. The lowest BCUT2D eigenvalue weighted by Gasteiger charge is -2.28. The minimum atomic E-state index is -0.465. The third-order valence-electron chi connectivity index (χ3n) is 5.65. The molecule has 1 aromatic heterocycles. The highest BCUT2D eigenvalue weighted by Gasteiger charge is 2.33. The minimum Gasteiger partial charge on any atom is -0.372 e. The summed E-state index contributed by atoms with van der Waals surface area (Å²) in [4.78, 5) is 19.3. The number of anilines is 2. The second-order valence-electron chi connectivity index (χ2n) is 7.63. The number of nitrogens with one attached hydrogen (secondary N) is 1. The number of thioether (sulfide) groups is 1. The summed E-state index contributed by atoms with van der Waals surface area (Å²) < 4.78 is 1.77. The van der Waals surface area contributed by atoms with Crippen LogP contribution in [0.25, 0.3) is 0 Å². The van der Waals surface area contributed by atoms with E-state index in [2.05, 4.69) is 53.3 Å². The zero-order valence-corrected chi connectivity index (χ0v) is 19.4. The highest BCUT2D eigenvalue weighted by molar-refractivity contribution is 7.98. The molecule has 32 heavy (non-hydrogen) atoms. The molecular formula is C24H28N6OS. The van der Waals surface area contributed by atoms with Gasteiger partial charge in [0, 0.05) is 30.2 Å². The van der Waals surface area contributed by atoms with Gasteiger partial charge in [-0.15, -0.1) is 5.10 Å². The molecule has 0 bridgehead atoms. The zero-order valence-electron chi connectivity index (χ0n) is 18.6. The molecule has 0 spiro atoms. The van der Waals surface area contributed by atoms with Gasteiger partial charge >= 0.3 is 0 Å². The first-order chi connectivity index (χ1) is 15.5. The molecule has 3 aromatic rings. The van der Waals surface area contributed by atoms with E-state index < -0.39 is 11.9 Å². The van der Waals surface area contributed by atoms with Crippen LogP contribution in [0.1, 0.15) is 37.9 Å². The second kappa shape index (κ2) is 9.48. The molecule has 8 heteroatoms. The fourth-order valence-electron chi connectivity index (χ4n) is 4.00. The van der Waals surface area contributed by atoms with Gasteiger partial charge in [-0.05, 0) is 44.0 Å². The standard InChI is InChI=1S/C24H28N6OS/c1-4-29(5-2)19-13-11-18(12-14-19)21-20(22(25)31)16(3)26-23-27-24(28-30(21)23)32-15-17-9-7-6-8-10-17/h6-14,21H,4-5,15H2,1-3H3,(H2,25,31)(H,26,27,28)/t21-/m1/s1. The Kier molecular flexibility index (Phi) is 6.50. The third-order valence-corrected chi connectivity index (χ3v) is 6.56. The second-order valence-corrected chi connectivity index (χ2v) is 8.57. The Hall–Kier alpha value is -3.26. The summed E-state index contributed by atoms with van der Waals surface area (Å²) in [5.41, 5.74) is 10.3. The molecule has 166 valence electrons. The lowest BCUT2D eigenvalue weighted by atomic mass is 9.95. The van der Waals surface area contributed by atoms with Crippen LogP contribution in [0, 0.1) is 0 Å². The summed E-state index contributed by atoms with van der Waals surface area (Å²) in [6.07, 6.45) is 0. The number of hydrogen-bond acceptors (Lipinski definition) is 6. The van der Waals surface area contributed by atoms with E-state index in [1.54, 1.807) is 16.4 Å². The molecule has 0 saturated heterocycles. The fourth-order valence-corrected chi connectivity index (χ4v) is 4.78. The van der Waals surface area contributed by atoms with Crippen molar-refractivity contribution in [3.8, 4) is 0 Å². The topological polar surface area (TPSA) is 89.1 Å². The molecule has 0 radical (unpaired) electrons. The van der Waals surface area contributed by atoms with Gasteiger partial charge in [0.05, 0.1) is 5.57 Å². The van der Waals surface area contributed by atoms with Crippen molar-refractivity contribution in [1.82, 2.24) is 14.8 Å². The summed E-state index contributed by atoms with van der Waals surface area (Å²) in [5, 5.41) is 8.59. The number of nitrogens with two attached hydrogens (primary N) is 1. The molecule has 7 nitrogen and oxygen atoms in total. The SMILES string of the molecule is CCN(CC)c1ccc([C@@H]2C(C(N)=O)=C(C)Nc3nc(SCc4ccccc4)nn32)cc1. The van der Waals surface area contributed by atoms with E-state index in [-0.39, 0.29) is 0 Å². The van der Waals surface area contributed by atoms with Crippen LogP contribution >= 0.6 is 11.8 Å². The number of rotatable bonds is 8. The van der Waals surface area contributed by atoms with Crippen LogP contribution in [0.2, 0.25) is 0 Å². The van der Waals surface area contributed by atoms with Crippen molar-refractivity contribution in [2.75, 3.05) is 23.3 Å². The first kappa shape index (κ1) is 22.0. The predicted octanol–water partition coefficient (Wildman–Crippen LogP) is 4.19. The molecule has 0 fully saturated rings. The van der Waals surface area contributed by atoms with Crippen molar-refractivity contribution in [3.63, 3.8) is 0 Å². The molecule has 1 aliphatic rings. The van der Waals surface area contributed by atoms with Crippen LogP contribution in [-0.2, 0) is 10.5 Å². The first-order valence-electron chi connectivity index (χ1n) is 10.8. The van der Waals surface area contributed by atoms with Gasteiger partial charge in [-0.25, -0.2) is 4.68 Å². The number of amides is 1. The fraction of sp³-hybridized carbons (Fsp3) is 0.292. The Morgan fingerprint density at radius 2 is 1.81 bits per heavy atom. The van der Waals surface area contributed by atoms with E-state index >= 15 is 0 Å². The maximum absolute atomic E-state index is 12.4. The first-order valence-corrected chi connectivity index (χ1v) is 11.8. The molecule has 2 heterocycles. The van der Waals surface area contributed by atoms with Crippen LogP contribution in [-0.4, -0.2) is 33.8 Å². The van der Waals surface area contributed by atoms with Crippen LogP contribution in [0.15, 0.2) is 71.0 Å². The summed E-state index contributed by atoms with van der Waals surface area (Å²) in [5.74, 6) is 0.913. The molecule has 4 rings (SSSR count). The Bertz CT molecular complexity index is 1120. The summed E-state index contributed by atoms with van der Waals surface area (Å²) >= 11 is 1.56. The van der Waals surface area contributed by atoms with Gasteiger partial charge in [-0.3, -0.25) is 4.79 Å². The van der Waals surface area contributed by atoms with Crippen molar-refractivity contribution in [3.05, 3.63) is 77.0 Å². The Morgan fingerprint density at radius 1 is 1.12 bits per heavy atom. The number of hydrogen-bond donors (Lipinski definition) is 2. The minimum absolute atomic E-state index is 0.423. The van der Waals surface area contributed by atoms with Crippen molar-refractivity contribution in [1.29, 1.82) is 0 Å². The van der Waals surface area contributed by atoms with Gasteiger partial charge in [0.2, 0.25) is 17.0 Å². The van der Waals surface area contributed by atoms with Gasteiger partial charge < -0.3 is 16.0 Å². The number of carbonyl (C=O) groups is 1. The van der Waals surface area contributed by atoms with Gasteiger partial charge in [0.1, 0.15) is 6.04 Å². The van der Waals surface area contributed by atoms with Gasteiger partial charge in [-0.2, -0.15) is 4.98 Å². The number of allylic oxidation sites excluding steroid dienone is 1. The molecule has 1 amide bonds. The van der Waals surface area contributed by atoms with Gasteiger partial charge in [0.15, 0.2) is 0 Å². The highest BCUT2D eigenvalue weighted by atomic mass is 32.2. The van der Waals surface area contributed by atoms with Crippen molar-refractivity contribution < 1.29 is 4.79 Å². The maximum atomic E-state index is 12.4. The number of primary amides is 1. The van der Waals surface area contributed by atoms with Crippen molar-refractivity contribution in [2.45, 2.75) is 37.7 Å². The Morgan fingerprint density at radius 3 is 2.44 bits per heavy atom. The number of aromatic nitrogens is 3. The van der Waals surface area contributed by atoms with Crippen molar-refractivity contribution in [2.24, 2.45) is 5.73 Å². The molecule has 1 aliphatic heterocycles. The lowest BCUT2D eigenvalue weighted by molar-refractivity contribution is -0.115. The third kappa shape index (κ3) is 4.36. The van der Waals surface area contributed by atoms with E-state index in [0.29, 0.717) is 22.4 Å². The quantitative estimate of drug-likeness (QED) is 0.502. The number of carbonyl (C=O) groups excluding carboxylic acids is 1.